The zero-order valence-electron chi connectivity index (χ0n) is 50.8. The van der Waals surface area contributed by atoms with E-state index in [-0.39, 0.29) is 31.1 Å². The minimum Gasteiger partial charge on any atom is -0.462 e. The number of esters is 3. The summed E-state index contributed by atoms with van der Waals surface area (Å²) in [6.45, 7) is 6.54. The minimum absolute atomic E-state index is 0.0768. The fraction of sp³-hybridized carbons (Fsp3) is 0.814. The quantitative estimate of drug-likeness (QED) is 0.0261. The van der Waals surface area contributed by atoms with Gasteiger partial charge in [0, 0.05) is 19.3 Å². The molecule has 6 nitrogen and oxygen atoms in total. The van der Waals surface area contributed by atoms with Crippen LogP contribution in [-0.2, 0) is 28.6 Å². The van der Waals surface area contributed by atoms with E-state index in [9.17, 15) is 14.4 Å². The monoisotopic (exact) mass is 1060 g/mol. The van der Waals surface area contributed by atoms with Crippen LogP contribution >= 0.6 is 0 Å². The summed E-state index contributed by atoms with van der Waals surface area (Å²) in [5.41, 5.74) is 0. The molecule has 0 radical (unpaired) electrons. The molecule has 0 heterocycles. The molecule has 0 aromatic heterocycles. The third kappa shape index (κ3) is 62.0. The van der Waals surface area contributed by atoms with Gasteiger partial charge in [0.05, 0.1) is 0 Å². The molecule has 0 amide bonds. The summed E-state index contributed by atoms with van der Waals surface area (Å²) in [5, 5.41) is 0. The second-order valence-corrected chi connectivity index (χ2v) is 22.4. The van der Waals surface area contributed by atoms with Crippen LogP contribution in [0, 0.1) is 0 Å². The fourth-order valence-electron chi connectivity index (χ4n) is 9.79. The lowest BCUT2D eigenvalue weighted by atomic mass is 10.0. The molecule has 0 aromatic rings. The van der Waals surface area contributed by atoms with E-state index in [0.717, 1.165) is 103 Å². The average Bonchev–Trinajstić information content (AvgIpc) is 3.42. The Labute approximate surface area is 472 Å². The third-order valence-corrected chi connectivity index (χ3v) is 14.8. The molecule has 0 fully saturated rings. The van der Waals surface area contributed by atoms with Gasteiger partial charge in [0.2, 0.25) is 0 Å². The van der Waals surface area contributed by atoms with Crippen molar-refractivity contribution >= 4 is 17.9 Å². The maximum Gasteiger partial charge on any atom is 0.306 e. The topological polar surface area (TPSA) is 78.9 Å². The molecule has 6 heteroatoms. The van der Waals surface area contributed by atoms with Crippen molar-refractivity contribution in [2.75, 3.05) is 13.2 Å². The number of rotatable bonds is 61. The number of carbonyl (C=O) groups is 3. The summed E-state index contributed by atoms with van der Waals surface area (Å²) in [4.78, 5) is 38.2. The van der Waals surface area contributed by atoms with Gasteiger partial charge < -0.3 is 14.2 Å². The maximum absolute atomic E-state index is 12.9. The Morgan fingerprint density at radius 1 is 0.276 bits per heavy atom. The zero-order valence-corrected chi connectivity index (χ0v) is 50.8. The van der Waals surface area contributed by atoms with E-state index in [1.165, 1.54) is 205 Å². The van der Waals surface area contributed by atoms with Gasteiger partial charge in [-0.05, 0) is 83.5 Å². The van der Waals surface area contributed by atoms with Gasteiger partial charge in [-0.3, -0.25) is 14.4 Å². The van der Waals surface area contributed by atoms with E-state index >= 15 is 0 Å². The van der Waals surface area contributed by atoms with E-state index in [2.05, 4.69) is 81.5 Å². The number of hydrogen-bond acceptors (Lipinski definition) is 6. The molecule has 76 heavy (non-hydrogen) atoms. The van der Waals surface area contributed by atoms with Gasteiger partial charge in [0.25, 0.3) is 0 Å². The molecule has 0 saturated carbocycles. The molecule has 0 N–H and O–H groups in total. The second kappa shape index (κ2) is 64.6. The number of unbranched alkanes of at least 4 members (excludes halogenated alkanes) is 40. The predicted molar refractivity (Wildman–Crippen MR) is 330 cm³/mol. The summed E-state index contributed by atoms with van der Waals surface area (Å²) in [5.74, 6) is -0.875. The van der Waals surface area contributed by atoms with Gasteiger partial charge >= 0.3 is 17.9 Å². The lowest BCUT2D eigenvalue weighted by Crippen LogP contribution is -2.30. The van der Waals surface area contributed by atoms with Crippen molar-refractivity contribution in [2.24, 2.45) is 0 Å². The lowest BCUT2D eigenvalue weighted by molar-refractivity contribution is -0.167. The van der Waals surface area contributed by atoms with Crippen LogP contribution in [0.2, 0.25) is 0 Å². The predicted octanol–water partition coefficient (Wildman–Crippen LogP) is 22.7. The van der Waals surface area contributed by atoms with Gasteiger partial charge in [-0.1, -0.05) is 306 Å². The van der Waals surface area contributed by atoms with E-state index in [1.807, 2.05) is 0 Å². The normalized spacial score (nSPS) is 12.4. The molecule has 0 spiro atoms. The largest absolute Gasteiger partial charge is 0.462 e. The van der Waals surface area contributed by atoms with Crippen molar-refractivity contribution in [3.05, 3.63) is 60.8 Å². The Balaban J connectivity index is 4.13. The summed E-state index contributed by atoms with van der Waals surface area (Å²) in [6.07, 6.45) is 82.5. The van der Waals surface area contributed by atoms with Crippen molar-refractivity contribution in [3.63, 3.8) is 0 Å². The smallest absolute Gasteiger partial charge is 0.306 e. The molecule has 442 valence electrons. The molecule has 0 aromatic carbocycles. The highest BCUT2D eigenvalue weighted by Crippen LogP contribution is 2.18. The van der Waals surface area contributed by atoms with Crippen molar-refractivity contribution < 1.29 is 28.6 Å². The van der Waals surface area contributed by atoms with E-state index in [0.29, 0.717) is 19.3 Å². The van der Waals surface area contributed by atoms with E-state index in [1.54, 1.807) is 0 Å². The van der Waals surface area contributed by atoms with Gasteiger partial charge in [-0.25, -0.2) is 0 Å². The molecule has 0 rings (SSSR count). The summed E-state index contributed by atoms with van der Waals surface area (Å²) < 4.78 is 16.9. The maximum atomic E-state index is 12.9. The molecule has 0 aliphatic heterocycles. The average molecular weight is 1060 g/mol. The first kappa shape index (κ1) is 73.1. The van der Waals surface area contributed by atoms with Crippen LogP contribution in [0.25, 0.3) is 0 Å². The highest BCUT2D eigenvalue weighted by molar-refractivity contribution is 5.71. The molecule has 0 aliphatic rings. The van der Waals surface area contributed by atoms with Crippen LogP contribution in [0.5, 0.6) is 0 Å². The number of hydrogen-bond donors (Lipinski definition) is 0. The molecule has 0 saturated heterocycles. The Hall–Kier alpha value is -2.89. The molecule has 0 bridgehead atoms. The van der Waals surface area contributed by atoms with Crippen molar-refractivity contribution in [1.29, 1.82) is 0 Å². The Morgan fingerprint density at radius 2 is 0.513 bits per heavy atom. The van der Waals surface area contributed by atoms with Crippen LogP contribution in [-0.4, -0.2) is 37.2 Å². The highest BCUT2D eigenvalue weighted by Gasteiger charge is 2.19. The second-order valence-electron chi connectivity index (χ2n) is 22.4. The highest BCUT2D eigenvalue weighted by atomic mass is 16.6. The summed E-state index contributed by atoms with van der Waals surface area (Å²) >= 11 is 0. The van der Waals surface area contributed by atoms with Gasteiger partial charge in [-0.15, -0.1) is 0 Å². The number of allylic oxidation sites excluding steroid dienone is 10. The Kier molecular flexibility index (Phi) is 62.2. The van der Waals surface area contributed by atoms with Crippen molar-refractivity contribution in [1.82, 2.24) is 0 Å². The Morgan fingerprint density at radius 3 is 0.803 bits per heavy atom. The van der Waals surface area contributed by atoms with E-state index < -0.39 is 6.10 Å². The first-order chi connectivity index (χ1) is 37.5. The van der Waals surface area contributed by atoms with Crippen LogP contribution < -0.4 is 0 Å². The van der Waals surface area contributed by atoms with Crippen LogP contribution in [0.3, 0.4) is 0 Å². The van der Waals surface area contributed by atoms with Crippen LogP contribution in [0.1, 0.15) is 348 Å². The standard InChI is InChI=1S/C70H126O6/c1-4-7-10-13-16-19-22-25-27-28-29-30-31-32-33-34-35-36-37-38-39-40-41-42-44-45-48-51-54-57-60-63-69(72)75-66-67(65-74-68(71)62-59-56-53-50-47-24-21-18-15-12-9-6-3)76-70(73)64-61-58-55-52-49-46-43-26-23-20-17-14-11-8-5-2/h8,11,17,20,22,25-26,28-29,43,67H,4-7,9-10,12-16,18-19,21,23-24,27,30-42,44-66H2,1-3H3/b11-8-,20-17-,25-22-,29-28-,43-26-. The van der Waals surface area contributed by atoms with Gasteiger partial charge in [0.15, 0.2) is 6.10 Å². The summed E-state index contributed by atoms with van der Waals surface area (Å²) in [7, 11) is 0. The van der Waals surface area contributed by atoms with Gasteiger partial charge in [0.1, 0.15) is 13.2 Å². The lowest BCUT2D eigenvalue weighted by Gasteiger charge is -2.18. The fourth-order valence-corrected chi connectivity index (χ4v) is 9.79. The molecular weight excluding hydrogens is 937 g/mol. The first-order valence-electron chi connectivity index (χ1n) is 33.3. The minimum atomic E-state index is -0.780. The molecule has 1 unspecified atom stereocenters. The summed E-state index contributed by atoms with van der Waals surface area (Å²) in [6, 6.07) is 0. The van der Waals surface area contributed by atoms with Crippen molar-refractivity contribution in [2.45, 2.75) is 354 Å². The number of carbonyl (C=O) groups excluding carboxylic acids is 3. The SMILES string of the molecule is CC/C=C\C/C=C\C/C=C\CCCCCCCC(=O)OC(COC(=O)CCCCCCCCCCCCCC)COC(=O)CCCCCCCCCCCCCCCCCCCCC/C=C\C/C=C\CCCCCCC. The molecule has 1 atom stereocenters. The van der Waals surface area contributed by atoms with Crippen LogP contribution in [0.15, 0.2) is 60.8 Å². The number of ether oxygens (including phenoxy) is 3. The molecular formula is C70H126O6. The van der Waals surface area contributed by atoms with Crippen molar-refractivity contribution in [3.8, 4) is 0 Å². The third-order valence-electron chi connectivity index (χ3n) is 14.8. The first-order valence-corrected chi connectivity index (χ1v) is 33.3. The van der Waals surface area contributed by atoms with Gasteiger partial charge in [-0.2, -0.15) is 0 Å². The van der Waals surface area contributed by atoms with Crippen LogP contribution in [0.4, 0.5) is 0 Å². The zero-order chi connectivity index (χ0) is 55.0. The van der Waals surface area contributed by atoms with E-state index in [4.69, 9.17) is 14.2 Å². The Bertz CT molecular complexity index is 1360. The molecule has 0 aliphatic carbocycles.